The van der Waals surface area contributed by atoms with Crippen molar-refractivity contribution < 1.29 is 17.5 Å². The molecule has 0 N–H and O–H groups in total. The Balaban J connectivity index is 3.60. The van der Waals surface area contributed by atoms with Crippen LogP contribution in [-0.4, -0.2) is 62.0 Å². The van der Waals surface area contributed by atoms with Crippen LogP contribution in [0, 0.1) is 0 Å². The van der Waals surface area contributed by atoms with Gasteiger partial charge >= 0.3 is 8.80 Å². The highest BCUT2D eigenvalue weighted by molar-refractivity contribution is 7.84. The number of unbranched alkanes of at least 4 members (excludes halogenated alkanes) is 18. The maximum atomic E-state index is 11.5. The molecule has 0 rings (SSSR count). The molecule has 0 amide bonds. The number of hydrogen-bond donors (Lipinski definition) is 0. The first-order valence-corrected chi connectivity index (χ1v) is 29.3. The summed E-state index contributed by atoms with van der Waals surface area (Å²) in [5.41, 5.74) is 0. The minimum atomic E-state index is -2.36. The van der Waals surface area contributed by atoms with Gasteiger partial charge in [-0.2, -0.15) is 0 Å². The molecular formula is C36H80O4SSi3. The van der Waals surface area contributed by atoms with Crippen LogP contribution in [0.1, 0.15) is 142 Å². The standard InChI is InChI=1S/C36H80O4SSi3/c1-9-41(37)31-25-19-13-11-10-12-14-20-26-32-42(5,6)33-27-21-15-16-22-28-34-43(7,8)35-29-23-17-18-24-30-36-44(38-2,39-3)40-4/h9-36H2,1-8H3. The first-order chi connectivity index (χ1) is 21.1. The molecule has 44 heavy (non-hydrogen) atoms. The van der Waals surface area contributed by atoms with E-state index >= 15 is 0 Å². The van der Waals surface area contributed by atoms with Crippen LogP contribution in [0.3, 0.4) is 0 Å². The van der Waals surface area contributed by atoms with Gasteiger partial charge < -0.3 is 13.3 Å². The third-order valence-electron chi connectivity index (χ3n) is 10.0. The van der Waals surface area contributed by atoms with Gasteiger partial charge in [0.25, 0.3) is 0 Å². The van der Waals surface area contributed by atoms with Crippen LogP contribution in [0.5, 0.6) is 0 Å². The molecule has 1 atom stereocenters. The van der Waals surface area contributed by atoms with Crippen molar-refractivity contribution in [1.82, 2.24) is 0 Å². The molecule has 1 unspecified atom stereocenters. The Morgan fingerprint density at radius 2 is 0.659 bits per heavy atom. The van der Waals surface area contributed by atoms with Crippen molar-refractivity contribution in [3.8, 4) is 0 Å². The molecule has 0 aromatic heterocycles. The molecule has 0 bridgehead atoms. The van der Waals surface area contributed by atoms with E-state index < -0.39 is 35.8 Å². The summed E-state index contributed by atoms with van der Waals surface area (Å²) in [4.78, 5) is 0. The first kappa shape index (κ1) is 44.7. The van der Waals surface area contributed by atoms with E-state index in [2.05, 4.69) is 26.2 Å². The molecule has 0 spiro atoms. The highest BCUT2D eigenvalue weighted by atomic mass is 32.2. The van der Waals surface area contributed by atoms with Gasteiger partial charge in [-0.15, -0.1) is 0 Å². The highest BCUT2D eigenvalue weighted by Gasteiger charge is 2.36. The third kappa shape index (κ3) is 26.7. The van der Waals surface area contributed by atoms with E-state index in [1.54, 1.807) is 33.4 Å². The second-order valence-electron chi connectivity index (χ2n) is 15.2. The van der Waals surface area contributed by atoms with Crippen molar-refractivity contribution in [3.05, 3.63) is 0 Å². The fourth-order valence-corrected chi connectivity index (χ4v) is 14.6. The summed E-state index contributed by atoms with van der Waals surface area (Å²) < 4.78 is 28.0. The van der Waals surface area contributed by atoms with E-state index in [4.69, 9.17) is 13.3 Å². The first-order valence-electron chi connectivity index (χ1n) is 19.1. The van der Waals surface area contributed by atoms with Crippen molar-refractivity contribution in [3.63, 3.8) is 0 Å². The van der Waals surface area contributed by atoms with Gasteiger partial charge in [-0.25, -0.2) is 0 Å². The molecule has 0 radical (unpaired) electrons. The van der Waals surface area contributed by atoms with E-state index in [9.17, 15) is 4.21 Å². The summed E-state index contributed by atoms with van der Waals surface area (Å²) in [5, 5.41) is 0. The smallest absolute Gasteiger partial charge is 0.377 e. The zero-order valence-electron chi connectivity index (χ0n) is 31.3. The second kappa shape index (κ2) is 28.7. The molecule has 0 aromatic rings. The lowest BCUT2D eigenvalue weighted by Crippen LogP contribution is -2.42. The fraction of sp³-hybridized carbons (Fsp3) is 1.00. The summed E-state index contributed by atoms with van der Waals surface area (Å²) in [6.07, 6.45) is 29.1. The van der Waals surface area contributed by atoms with Gasteiger partial charge in [0.05, 0.1) is 0 Å². The van der Waals surface area contributed by atoms with Crippen LogP contribution in [0.4, 0.5) is 0 Å². The van der Waals surface area contributed by atoms with Crippen molar-refractivity contribution in [1.29, 1.82) is 0 Å². The molecule has 0 saturated carbocycles. The minimum absolute atomic E-state index is 0.561. The molecule has 0 aliphatic heterocycles. The molecule has 266 valence electrons. The van der Waals surface area contributed by atoms with Crippen molar-refractivity contribution in [2.45, 2.75) is 198 Å². The van der Waals surface area contributed by atoms with Gasteiger partial charge in [-0.3, -0.25) is 4.21 Å². The topological polar surface area (TPSA) is 44.8 Å². The van der Waals surface area contributed by atoms with E-state index in [-0.39, 0.29) is 0 Å². The van der Waals surface area contributed by atoms with Gasteiger partial charge in [0.15, 0.2) is 0 Å². The van der Waals surface area contributed by atoms with E-state index in [1.807, 2.05) is 6.92 Å². The van der Waals surface area contributed by atoms with Crippen molar-refractivity contribution >= 4 is 35.8 Å². The minimum Gasteiger partial charge on any atom is -0.377 e. The zero-order valence-corrected chi connectivity index (χ0v) is 35.2. The lowest BCUT2D eigenvalue weighted by molar-refractivity contribution is 0.122. The van der Waals surface area contributed by atoms with Gasteiger partial charge in [0.1, 0.15) is 0 Å². The average Bonchev–Trinajstić information content (AvgIpc) is 3.00. The van der Waals surface area contributed by atoms with E-state index in [0.717, 1.165) is 30.4 Å². The Morgan fingerprint density at radius 1 is 0.409 bits per heavy atom. The van der Waals surface area contributed by atoms with Gasteiger partial charge in [-0.1, -0.05) is 179 Å². The maximum Gasteiger partial charge on any atom is 0.500 e. The molecule has 0 saturated heterocycles. The van der Waals surface area contributed by atoms with E-state index in [1.165, 1.54) is 134 Å². The van der Waals surface area contributed by atoms with Crippen LogP contribution < -0.4 is 0 Å². The lowest BCUT2D eigenvalue weighted by Gasteiger charge is -2.24. The van der Waals surface area contributed by atoms with Crippen LogP contribution in [-0.2, 0) is 24.1 Å². The normalized spacial score (nSPS) is 13.5. The third-order valence-corrected chi connectivity index (χ3v) is 21.1. The number of rotatable bonds is 34. The lowest BCUT2D eigenvalue weighted by atomic mass is 10.1. The Kier molecular flexibility index (Phi) is 29.1. The molecule has 0 aromatic carbocycles. The van der Waals surface area contributed by atoms with Gasteiger partial charge in [0, 0.05) is 65.8 Å². The van der Waals surface area contributed by atoms with Gasteiger partial charge in [0.2, 0.25) is 0 Å². The molecular weight excluding hydrogens is 613 g/mol. The Morgan fingerprint density at radius 3 is 0.932 bits per heavy atom. The molecule has 4 nitrogen and oxygen atoms in total. The van der Waals surface area contributed by atoms with Crippen LogP contribution in [0.25, 0.3) is 0 Å². The average molecular weight is 693 g/mol. The summed E-state index contributed by atoms with van der Waals surface area (Å²) in [7, 11) is 0.234. The Hall–Kier alpha value is 0.681. The molecule has 0 fully saturated rings. The maximum absolute atomic E-state index is 11.5. The van der Waals surface area contributed by atoms with Crippen LogP contribution >= 0.6 is 0 Å². The predicted molar refractivity (Wildman–Crippen MR) is 206 cm³/mol. The summed E-state index contributed by atoms with van der Waals surface area (Å²) in [5.74, 6) is 1.75. The van der Waals surface area contributed by atoms with Crippen LogP contribution in [0.2, 0.25) is 56.4 Å². The largest absolute Gasteiger partial charge is 0.500 e. The quantitative estimate of drug-likeness (QED) is 0.0497. The highest BCUT2D eigenvalue weighted by Crippen LogP contribution is 2.26. The summed E-state index contributed by atoms with van der Waals surface area (Å²) >= 11 is 0. The van der Waals surface area contributed by atoms with E-state index in [0.29, 0.717) is 0 Å². The molecule has 0 aliphatic carbocycles. The zero-order chi connectivity index (χ0) is 33.0. The Bertz CT molecular complexity index is 651. The summed E-state index contributed by atoms with van der Waals surface area (Å²) in [6, 6.07) is 7.08. The second-order valence-corrected chi connectivity index (χ2v) is 30.8. The monoisotopic (exact) mass is 693 g/mol. The number of hydrogen-bond acceptors (Lipinski definition) is 4. The van der Waals surface area contributed by atoms with Crippen LogP contribution in [0.15, 0.2) is 0 Å². The van der Waals surface area contributed by atoms with Gasteiger partial charge in [-0.05, 0) is 12.8 Å². The fourth-order valence-electron chi connectivity index (χ4n) is 6.62. The summed E-state index contributed by atoms with van der Waals surface area (Å²) in [6.45, 7) is 12.6. The molecule has 8 heteroatoms. The SMILES string of the molecule is CCS(=O)CCCCCCCCCCC[Si](C)(C)CCCCCCCC[Si](C)(C)CCCCCCCC[Si](OC)(OC)OC. The van der Waals surface area contributed by atoms with Crippen molar-refractivity contribution in [2.24, 2.45) is 0 Å². The molecule has 0 aliphatic rings. The van der Waals surface area contributed by atoms with Crippen molar-refractivity contribution in [2.75, 3.05) is 32.8 Å². The molecule has 0 heterocycles. The Labute approximate surface area is 283 Å². The predicted octanol–water partition coefficient (Wildman–Crippen LogP) is 12.2.